The van der Waals surface area contributed by atoms with Gasteiger partial charge >= 0.3 is 0 Å². The van der Waals surface area contributed by atoms with Crippen molar-refractivity contribution in [3.8, 4) is 0 Å². The van der Waals surface area contributed by atoms with Gasteiger partial charge in [-0.1, -0.05) is 49.2 Å². The molecule has 8 heteroatoms. The summed E-state index contributed by atoms with van der Waals surface area (Å²) in [6, 6.07) is 11.1. The Morgan fingerprint density at radius 2 is 1.77 bits per heavy atom. The molecule has 1 amide bonds. The number of hydrogen-bond donors (Lipinski definition) is 1. The highest BCUT2D eigenvalue weighted by atomic mass is 35.5. The number of halogens is 2. The van der Waals surface area contributed by atoms with E-state index >= 15 is 0 Å². The van der Waals surface area contributed by atoms with Crippen LogP contribution in [0.25, 0.3) is 0 Å². The Labute approximate surface area is 164 Å². The maximum absolute atomic E-state index is 12.6. The molecule has 0 heterocycles. The molecule has 2 aromatic carbocycles. The third-order valence-electron chi connectivity index (χ3n) is 3.83. The summed E-state index contributed by atoms with van der Waals surface area (Å²) in [5.41, 5.74) is 1.05. The number of amides is 1. The monoisotopic (exact) mass is 414 g/mol. The van der Waals surface area contributed by atoms with E-state index in [4.69, 9.17) is 23.2 Å². The molecule has 0 aromatic heterocycles. The first-order valence-electron chi connectivity index (χ1n) is 8.12. The highest BCUT2D eigenvalue weighted by Gasteiger charge is 2.21. The Kier molecular flexibility index (Phi) is 7.06. The van der Waals surface area contributed by atoms with Gasteiger partial charge < -0.3 is 5.32 Å². The number of benzene rings is 2. The third kappa shape index (κ3) is 4.98. The molecule has 0 atom stereocenters. The second kappa shape index (κ2) is 8.86. The van der Waals surface area contributed by atoms with Crippen molar-refractivity contribution in [1.82, 2.24) is 4.31 Å². The van der Waals surface area contributed by atoms with E-state index in [0.29, 0.717) is 34.4 Å². The summed E-state index contributed by atoms with van der Waals surface area (Å²) in [6.45, 7) is 4.32. The van der Waals surface area contributed by atoms with Crippen LogP contribution >= 0.6 is 23.2 Å². The van der Waals surface area contributed by atoms with Crippen molar-refractivity contribution in [1.29, 1.82) is 0 Å². The number of nitrogens with one attached hydrogen (secondary N) is 1. The van der Waals surface area contributed by atoms with Crippen LogP contribution in [0.4, 0.5) is 5.69 Å². The van der Waals surface area contributed by atoms with Crippen molar-refractivity contribution in [3.05, 3.63) is 58.1 Å². The minimum Gasteiger partial charge on any atom is -0.326 e. The second-order valence-electron chi connectivity index (χ2n) is 5.58. The van der Waals surface area contributed by atoms with Crippen molar-refractivity contribution in [3.63, 3.8) is 0 Å². The molecule has 26 heavy (non-hydrogen) atoms. The van der Waals surface area contributed by atoms with Gasteiger partial charge in [-0.2, -0.15) is 4.31 Å². The maximum Gasteiger partial charge on any atom is 0.243 e. The summed E-state index contributed by atoms with van der Waals surface area (Å²) >= 11 is 11.9. The molecule has 0 aliphatic heterocycles. The SMILES string of the molecule is CCN(CC)S(=O)(=O)c1cccc(NC(=O)Cc2ccc(Cl)cc2Cl)c1. The first-order chi connectivity index (χ1) is 12.3. The van der Waals surface area contributed by atoms with Crippen molar-refractivity contribution in [2.75, 3.05) is 18.4 Å². The van der Waals surface area contributed by atoms with Crippen molar-refractivity contribution in [2.24, 2.45) is 0 Å². The van der Waals surface area contributed by atoms with Gasteiger partial charge in [0.2, 0.25) is 15.9 Å². The van der Waals surface area contributed by atoms with Crippen molar-refractivity contribution in [2.45, 2.75) is 25.2 Å². The zero-order valence-corrected chi connectivity index (χ0v) is 16.8. The van der Waals surface area contributed by atoms with Crippen LogP contribution in [0, 0.1) is 0 Å². The standard InChI is InChI=1S/C18H20Cl2N2O3S/c1-3-22(4-2)26(24,25)16-7-5-6-15(12-16)21-18(23)10-13-8-9-14(19)11-17(13)20/h5-9,11-12H,3-4,10H2,1-2H3,(H,21,23). The number of sulfonamides is 1. The van der Waals surface area contributed by atoms with E-state index in [9.17, 15) is 13.2 Å². The minimum atomic E-state index is -3.58. The lowest BCUT2D eigenvalue weighted by Gasteiger charge is -2.18. The lowest BCUT2D eigenvalue weighted by molar-refractivity contribution is -0.115. The van der Waals surface area contributed by atoms with Gasteiger partial charge in [0, 0.05) is 28.8 Å². The topological polar surface area (TPSA) is 66.5 Å². The number of carbonyl (C=O) groups excluding carboxylic acids is 1. The van der Waals surface area contributed by atoms with E-state index in [1.165, 1.54) is 16.4 Å². The number of rotatable bonds is 7. The zero-order chi connectivity index (χ0) is 19.3. The van der Waals surface area contributed by atoms with Crippen LogP contribution in [0.15, 0.2) is 47.4 Å². The normalized spacial score (nSPS) is 11.6. The molecule has 0 radical (unpaired) electrons. The molecule has 2 aromatic rings. The quantitative estimate of drug-likeness (QED) is 0.737. The molecule has 140 valence electrons. The Morgan fingerprint density at radius 3 is 2.38 bits per heavy atom. The molecule has 0 aliphatic carbocycles. The van der Waals surface area contributed by atoms with Crippen LogP contribution in [0.3, 0.4) is 0 Å². The largest absolute Gasteiger partial charge is 0.326 e. The summed E-state index contributed by atoms with van der Waals surface area (Å²) in [6.07, 6.45) is 0.0586. The van der Waals surface area contributed by atoms with E-state index in [0.717, 1.165) is 0 Å². The van der Waals surface area contributed by atoms with Crippen LogP contribution in [-0.4, -0.2) is 31.7 Å². The Bertz CT molecular complexity index is 897. The summed E-state index contributed by atoms with van der Waals surface area (Å²) < 4.78 is 26.5. The van der Waals surface area contributed by atoms with Gasteiger partial charge in [-0.3, -0.25) is 4.79 Å². The first kappa shape index (κ1) is 20.7. The van der Waals surface area contributed by atoms with Crippen LogP contribution in [0.5, 0.6) is 0 Å². The molecule has 1 N–H and O–H groups in total. The molecule has 0 spiro atoms. The average Bonchev–Trinajstić information content (AvgIpc) is 2.58. The van der Waals surface area contributed by atoms with E-state index in [1.807, 2.05) is 0 Å². The van der Waals surface area contributed by atoms with Gasteiger partial charge in [-0.15, -0.1) is 0 Å². The molecular formula is C18H20Cl2N2O3S. The molecule has 0 saturated heterocycles. The fourth-order valence-electron chi connectivity index (χ4n) is 2.49. The number of carbonyl (C=O) groups is 1. The number of anilines is 1. The Hall–Kier alpha value is -1.60. The molecule has 5 nitrogen and oxygen atoms in total. The molecule has 2 rings (SSSR count). The summed E-state index contributed by atoms with van der Waals surface area (Å²) in [5.74, 6) is -0.299. The fraction of sp³-hybridized carbons (Fsp3) is 0.278. The minimum absolute atomic E-state index is 0.0586. The van der Waals surface area contributed by atoms with E-state index in [1.54, 1.807) is 44.2 Å². The van der Waals surface area contributed by atoms with Crippen LogP contribution < -0.4 is 5.32 Å². The molecule has 0 bridgehead atoms. The number of nitrogens with zero attached hydrogens (tertiary/aromatic N) is 1. The smallest absolute Gasteiger partial charge is 0.243 e. The van der Waals surface area contributed by atoms with Gasteiger partial charge in [0.25, 0.3) is 0 Å². The summed E-state index contributed by atoms with van der Waals surface area (Å²) in [7, 11) is -3.58. The second-order valence-corrected chi connectivity index (χ2v) is 8.36. The zero-order valence-electron chi connectivity index (χ0n) is 14.5. The van der Waals surface area contributed by atoms with Crippen molar-refractivity contribution >= 4 is 44.8 Å². The fourth-order valence-corrected chi connectivity index (χ4v) is 4.47. The third-order valence-corrected chi connectivity index (χ3v) is 6.46. The maximum atomic E-state index is 12.6. The molecule has 0 unspecified atom stereocenters. The average molecular weight is 415 g/mol. The predicted octanol–water partition coefficient (Wildman–Crippen LogP) is 4.21. The molecule has 0 aliphatic rings. The van der Waals surface area contributed by atoms with E-state index < -0.39 is 10.0 Å². The predicted molar refractivity (Wildman–Crippen MR) is 105 cm³/mol. The van der Waals surface area contributed by atoms with Crippen LogP contribution in [-0.2, 0) is 21.2 Å². The van der Waals surface area contributed by atoms with Gasteiger partial charge in [-0.25, -0.2) is 8.42 Å². The molecular weight excluding hydrogens is 395 g/mol. The van der Waals surface area contributed by atoms with E-state index in [2.05, 4.69) is 5.32 Å². The van der Waals surface area contributed by atoms with Gasteiger partial charge in [0.15, 0.2) is 0 Å². The Balaban J connectivity index is 2.16. The van der Waals surface area contributed by atoms with E-state index in [-0.39, 0.29) is 17.2 Å². The van der Waals surface area contributed by atoms with Gasteiger partial charge in [0.05, 0.1) is 11.3 Å². The number of hydrogen-bond acceptors (Lipinski definition) is 3. The highest BCUT2D eigenvalue weighted by molar-refractivity contribution is 7.89. The van der Waals surface area contributed by atoms with Crippen LogP contribution in [0.2, 0.25) is 10.0 Å². The lowest BCUT2D eigenvalue weighted by atomic mass is 10.1. The Morgan fingerprint density at radius 1 is 1.08 bits per heavy atom. The highest BCUT2D eigenvalue weighted by Crippen LogP contribution is 2.23. The van der Waals surface area contributed by atoms with Gasteiger partial charge in [-0.05, 0) is 35.9 Å². The van der Waals surface area contributed by atoms with Gasteiger partial charge in [0.1, 0.15) is 0 Å². The molecule has 0 fully saturated rings. The summed E-state index contributed by atoms with van der Waals surface area (Å²) in [4.78, 5) is 12.4. The lowest BCUT2D eigenvalue weighted by Crippen LogP contribution is -2.30. The van der Waals surface area contributed by atoms with Crippen molar-refractivity contribution < 1.29 is 13.2 Å². The molecule has 0 saturated carbocycles. The summed E-state index contributed by atoms with van der Waals surface area (Å²) in [5, 5.41) is 3.61. The first-order valence-corrected chi connectivity index (χ1v) is 10.3. The van der Waals surface area contributed by atoms with Crippen LogP contribution in [0.1, 0.15) is 19.4 Å².